The van der Waals surface area contributed by atoms with Gasteiger partial charge < -0.3 is 15.6 Å². The summed E-state index contributed by atoms with van der Waals surface area (Å²) in [6.45, 7) is 1.87. The second-order valence-corrected chi connectivity index (χ2v) is 5.31. The molecule has 0 bridgehead atoms. The fourth-order valence-electron chi connectivity index (χ4n) is 2.34. The molecule has 0 aromatic rings. The maximum atomic E-state index is 11.4. The van der Waals surface area contributed by atoms with Crippen molar-refractivity contribution in [3.63, 3.8) is 0 Å². The second kappa shape index (κ2) is 4.92. The molecule has 0 heterocycles. The number of carboxylic acids is 1. The molecule has 17 heavy (non-hydrogen) atoms. The Bertz CT molecular complexity index is 289. The van der Waals surface area contributed by atoms with Crippen molar-refractivity contribution in [1.29, 1.82) is 0 Å². The van der Waals surface area contributed by atoms with Crippen LogP contribution in [0, 0.1) is 5.92 Å². The van der Waals surface area contributed by atoms with Gasteiger partial charge in [-0.2, -0.15) is 0 Å². The second-order valence-electron chi connectivity index (χ2n) is 5.31. The third-order valence-electron chi connectivity index (χ3n) is 3.81. The van der Waals surface area contributed by atoms with Gasteiger partial charge in [0.15, 0.2) is 0 Å². The number of rotatable bonds is 8. The number of nitrogens with zero attached hydrogens (tertiary/aromatic N) is 1. The van der Waals surface area contributed by atoms with Crippen LogP contribution in [0.5, 0.6) is 0 Å². The molecule has 0 aromatic heterocycles. The van der Waals surface area contributed by atoms with Crippen molar-refractivity contribution in [2.24, 2.45) is 11.7 Å². The van der Waals surface area contributed by atoms with Gasteiger partial charge in [0.2, 0.25) is 0 Å². The molecule has 2 aliphatic carbocycles. The first kappa shape index (κ1) is 12.8. The molecule has 2 aliphatic rings. The van der Waals surface area contributed by atoms with Gasteiger partial charge in [0.1, 0.15) is 5.54 Å². The molecular formula is C12H22N2O3. The van der Waals surface area contributed by atoms with Gasteiger partial charge in [-0.05, 0) is 31.6 Å². The molecule has 2 saturated carbocycles. The van der Waals surface area contributed by atoms with E-state index in [1.165, 1.54) is 0 Å². The SMILES string of the molecule is COCCN(CC(N)(C(=O)O)C1CC1)C1CC1. The van der Waals surface area contributed by atoms with E-state index in [0.717, 1.165) is 32.2 Å². The molecule has 0 spiro atoms. The summed E-state index contributed by atoms with van der Waals surface area (Å²) in [6, 6.07) is 0.520. The van der Waals surface area contributed by atoms with Crippen molar-refractivity contribution >= 4 is 5.97 Å². The van der Waals surface area contributed by atoms with Gasteiger partial charge in [-0.25, -0.2) is 0 Å². The zero-order chi connectivity index (χ0) is 12.5. The normalized spacial score (nSPS) is 23.7. The van der Waals surface area contributed by atoms with E-state index in [1.54, 1.807) is 7.11 Å². The molecule has 0 aromatic carbocycles. The fourth-order valence-corrected chi connectivity index (χ4v) is 2.34. The van der Waals surface area contributed by atoms with Crippen molar-refractivity contribution in [1.82, 2.24) is 4.90 Å². The van der Waals surface area contributed by atoms with E-state index < -0.39 is 11.5 Å². The standard InChI is InChI=1S/C12H22N2O3/c1-17-7-6-14(10-4-5-10)8-12(13,11(15)16)9-2-3-9/h9-10H,2-8,13H2,1H3,(H,15,16). The summed E-state index contributed by atoms with van der Waals surface area (Å²) < 4.78 is 5.07. The zero-order valence-electron chi connectivity index (χ0n) is 10.4. The molecule has 0 radical (unpaired) electrons. The molecule has 2 fully saturated rings. The number of hydrogen-bond donors (Lipinski definition) is 2. The summed E-state index contributed by atoms with van der Waals surface area (Å²) in [7, 11) is 1.67. The number of aliphatic carboxylic acids is 1. The first-order chi connectivity index (χ1) is 8.08. The number of methoxy groups -OCH3 is 1. The van der Waals surface area contributed by atoms with E-state index in [1.807, 2.05) is 0 Å². The Labute approximate surface area is 102 Å². The molecule has 1 atom stereocenters. The topological polar surface area (TPSA) is 75.8 Å². The van der Waals surface area contributed by atoms with Crippen LogP contribution in [-0.4, -0.2) is 54.4 Å². The first-order valence-corrected chi connectivity index (χ1v) is 6.33. The van der Waals surface area contributed by atoms with E-state index in [9.17, 15) is 9.90 Å². The lowest BCUT2D eigenvalue weighted by atomic mass is 9.94. The van der Waals surface area contributed by atoms with E-state index >= 15 is 0 Å². The molecule has 1 unspecified atom stereocenters. The Hall–Kier alpha value is -0.650. The molecule has 5 heteroatoms. The summed E-state index contributed by atoms with van der Waals surface area (Å²) >= 11 is 0. The summed E-state index contributed by atoms with van der Waals surface area (Å²) in [6.07, 6.45) is 4.21. The third kappa shape index (κ3) is 2.97. The van der Waals surface area contributed by atoms with Crippen LogP contribution in [0.4, 0.5) is 0 Å². The molecule has 0 saturated heterocycles. The van der Waals surface area contributed by atoms with Crippen LogP contribution in [0.3, 0.4) is 0 Å². The molecule has 98 valence electrons. The Morgan fingerprint density at radius 3 is 2.53 bits per heavy atom. The van der Waals surface area contributed by atoms with E-state index in [4.69, 9.17) is 10.5 Å². The third-order valence-corrected chi connectivity index (χ3v) is 3.81. The highest BCUT2D eigenvalue weighted by molar-refractivity contribution is 5.79. The average molecular weight is 242 g/mol. The van der Waals surface area contributed by atoms with Crippen LogP contribution in [-0.2, 0) is 9.53 Å². The molecule has 3 N–H and O–H groups in total. The zero-order valence-corrected chi connectivity index (χ0v) is 10.4. The van der Waals surface area contributed by atoms with Crippen LogP contribution >= 0.6 is 0 Å². The van der Waals surface area contributed by atoms with Gasteiger partial charge in [-0.3, -0.25) is 9.69 Å². The highest BCUT2D eigenvalue weighted by atomic mass is 16.5. The number of nitrogens with two attached hydrogens (primary N) is 1. The fraction of sp³-hybridized carbons (Fsp3) is 0.917. The number of ether oxygens (including phenoxy) is 1. The predicted octanol–water partition coefficient (Wildman–Crippen LogP) is 0.289. The number of carboxylic acid groups (broad SMARTS) is 1. The molecular weight excluding hydrogens is 220 g/mol. The minimum absolute atomic E-state index is 0.156. The Morgan fingerprint density at radius 1 is 1.47 bits per heavy atom. The monoisotopic (exact) mass is 242 g/mol. The Morgan fingerprint density at radius 2 is 2.12 bits per heavy atom. The van der Waals surface area contributed by atoms with Crippen LogP contribution < -0.4 is 5.73 Å². The van der Waals surface area contributed by atoms with Crippen LogP contribution in [0.2, 0.25) is 0 Å². The highest BCUT2D eigenvalue weighted by Crippen LogP contribution is 2.40. The van der Waals surface area contributed by atoms with E-state index in [2.05, 4.69) is 4.90 Å². The molecule has 5 nitrogen and oxygen atoms in total. The highest BCUT2D eigenvalue weighted by Gasteiger charge is 2.50. The largest absolute Gasteiger partial charge is 0.480 e. The Kier molecular flexibility index (Phi) is 3.70. The lowest BCUT2D eigenvalue weighted by Crippen LogP contribution is -2.58. The van der Waals surface area contributed by atoms with Crippen LogP contribution in [0.1, 0.15) is 25.7 Å². The van der Waals surface area contributed by atoms with E-state index in [-0.39, 0.29) is 5.92 Å². The lowest BCUT2D eigenvalue weighted by molar-refractivity contribution is -0.145. The van der Waals surface area contributed by atoms with Gasteiger partial charge in [0.05, 0.1) is 6.61 Å². The van der Waals surface area contributed by atoms with Crippen molar-refractivity contribution in [2.75, 3.05) is 26.8 Å². The first-order valence-electron chi connectivity index (χ1n) is 6.33. The van der Waals surface area contributed by atoms with Crippen molar-refractivity contribution in [3.8, 4) is 0 Å². The minimum Gasteiger partial charge on any atom is -0.480 e. The van der Waals surface area contributed by atoms with Gasteiger partial charge in [0.25, 0.3) is 0 Å². The average Bonchev–Trinajstić information content (AvgIpc) is 3.16. The minimum atomic E-state index is -1.06. The molecule has 0 aliphatic heterocycles. The maximum absolute atomic E-state index is 11.4. The summed E-state index contributed by atoms with van der Waals surface area (Å²) in [5.41, 5.74) is 5.04. The molecule has 0 amide bonds. The quantitative estimate of drug-likeness (QED) is 0.640. The summed E-state index contributed by atoms with van der Waals surface area (Å²) in [4.78, 5) is 13.6. The maximum Gasteiger partial charge on any atom is 0.325 e. The lowest BCUT2D eigenvalue weighted by Gasteiger charge is -2.32. The van der Waals surface area contributed by atoms with Crippen LogP contribution in [0.15, 0.2) is 0 Å². The van der Waals surface area contributed by atoms with Gasteiger partial charge >= 0.3 is 5.97 Å². The Balaban J connectivity index is 1.96. The van der Waals surface area contributed by atoms with Crippen LogP contribution in [0.25, 0.3) is 0 Å². The predicted molar refractivity (Wildman–Crippen MR) is 63.7 cm³/mol. The smallest absolute Gasteiger partial charge is 0.325 e. The van der Waals surface area contributed by atoms with Gasteiger partial charge in [-0.15, -0.1) is 0 Å². The summed E-state index contributed by atoms with van der Waals surface area (Å²) in [5.74, 6) is -0.702. The molecule has 2 rings (SSSR count). The van der Waals surface area contributed by atoms with Gasteiger partial charge in [0, 0.05) is 26.2 Å². The van der Waals surface area contributed by atoms with Crippen molar-refractivity contribution in [2.45, 2.75) is 37.3 Å². The van der Waals surface area contributed by atoms with E-state index in [0.29, 0.717) is 19.2 Å². The van der Waals surface area contributed by atoms with Gasteiger partial charge in [-0.1, -0.05) is 0 Å². The number of carbonyl (C=O) groups is 1. The van der Waals surface area contributed by atoms with Crippen molar-refractivity contribution in [3.05, 3.63) is 0 Å². The summed E-state index contributed by atoms with van der Waals surface area (Å²) in [5, 5.41) is 9.34. The number of hydrogen-bond acceptors (Lipinski definition) is 4. The van der Waals surface area contributed by atoms with Crippen molar-refractivity contribution < 1.29 is 14.6 Å².